The molecule has 142 valence electrons. The highest BCUT2D eigenvalue weighted by molar-refractivity contribution is 5.81. The summed E-state index contributed by atoms with van der Waals surface area (Å²) in [6, 6.07) is 15.9. The second-order valence-corrected chi connectivity index (χ2v) is 8.07. The molecule has 1 aromatic heterocycles. The molecule has 4 heteroatoms. The Hall–Kier alpha value is -2.59. The lowest BCUT2D eigenvalue weighted by Gasteiger charge is -2.21. The molecule has 0 aliphatic heterocycles. The first kappa shape index (κ1) is 19.2. The highest BCUT2D eigenvalue weighted by Crippen LogP contribution is 2.25. The van der Waals surface area contributed by atoms with Gasteiger partial charge in [0.1, 0.15) is 11.3 Å². The molecule has 3 rings (SSSR count). The van der Waals surface area contributed by atoms with Crippen LogP contribution in [0.3, 0.4) is 0 Å². The van der Waals surface area contributed by atoms with E-state index in [0.717, 1.165) is 17.5 Å². The van der Waals surface area contributed by atoms with Gasteiger partial charge in [-0.05, 0) is 41.3 Å². The Balaban J connectivity index is 1.79. The van der Waals surface area contributed by atoms with Crippen LogP contribution in [0.15, 0.2) is 57.7 Å². The summed E-state index contributed by atoms with van der Waals surface area (Å²) in [5.41, 5.74) is 3.91. The van der Waals surface area contributed by atoms with Crippen molar-refractivity contribution in [3.63, 3.8) is 0 Å². The molecule has 0 saturated heterocycles. The fourth-order valence-electron chi connectivity index (χ4n) is 3.24. The largest absolute Gasteiger partial charge is 0.497 e. The monoisotopic (exact) mass is 365 g/mol. The van der Waals surface area contributed by atoms with Gasteiger partial charge in [-0.25, -0.2) is 4.79 Å². The fraction of sp³-hybridized carbons (Fsp3) is 0.348. The van der Waals surface area contributed by atoms with E-state index >= 15 is 0 Å². The van der Waals surface area contributed by atoms with Gasteiger partial charge in [0.2, 0.25) is 0 Å². The lowest BCUT2D eigenvalue weighted by Crippen LogP contribution is -2.19. The Morgan fingerprint density at radius 2 is 1.70 bits per heavy atom. The average Bonchev–Trinajstić information content (AvgIpc) is 2.60. The third-order valence-electron chi connectivity index (χ3n) is 4.75. The summed E-state index contributed by atoms with van der Waals surface area (Å²) in [6.45, 7) is 8.12. The van der Waals surface area contributed by atoms with Crippen molar-refractivity contribution < 1.29 is 9.15 Å². The predicted molar refractivity (Wildman–Crippen MR) is 109 cm³/mol. The van der Waals surface area contributed by atoms with Crippen LogP contribution in [0, 0.1) is 0 Å². The van der Waals surface area contributed by atoms with Crippen molar-refractivity contribution in [3.05, 3.63) is 75.6 Å². The first-order valence-corrected chi connectivity index (χ1v) is 9.15. The minimum Gasteiger partial charge on any atom is -0.497 e. The molecule has 27 heavy (non-hydrogen) atoms. The Bertz CT molecular complexity index is 981. The van der Waals surface area contributed by atoms with Gasteiger partial charge in [-0.15, -0.1) is 0 Å². The molecule has 3 aromatic rings. The second kappa shape index (κ2) is 7.57. The zero-order chi connectivity index (χ0) is 19.6. The lowest BCUT2D eigenvalue weighted by molar-refractivity contribution is 0.319. The van der Waals surface area contributed by atoms with Crippen LogP contribution < -0.4 is 10.4 Å². The number of ether oxygens (including phenoxy) is 1. The van der Waals surface area contributed by atoms with Crippen molar-refractivity contribution in [3.8, 4) is 5.75 Å². The van der Waals surface area contributed by atoms with Crippen molar-refractivity contribution >= 4 is 11.0 Å². The summed E-state index contributed by atoms with van der Waals surface area (Å²) in [5.74, 6) is 0.676. The summed E-state index contributed by atoms with van der Waals surface area (Å²) in [5, 5.41) is 0.935. The summed E-state index contributed by atoms with van der Waals surface area (Å²) < 4.78 is 10.6. The quantitative estimate of drug-likeness (QED) is 0.613. The zero-order valence-corrected chi connectivity index (χ0v) is 16.7. The third-order valence-corrected chi connectivity index (χ3v) is 4.75. The number of fused-ring (bicyclic) bond motifs is 1. The van der Waals surface area contributed by atoms with Crippen molar-refractivity contribution in [2.24, 2.45) is 0 Å². The van der Waals surface area contributed by atoms with E-state index in [2.05, 4.69) is 57.0 Å². The van der Waals surface area contributed by atoms with E-state index in [1.165, 1.54) is 11.1 Å². The third kappa shape index (κ3) is 4.58. The van der Waals surface area contributed by atoms with Crippen LogP contribution in [0.5, 0.6) is 5.75 Å². The Morgan fingerprint density at radius 1 is 1.00 bits per heavy atom. The number of hydrogen-bond donors (Lipinski definition) is 0. The summed E-state index contributed by atoms with van der Waals surface area (Å²) in [6.07, 6.45) is 0. The van der Waals surface area contributed by atoms with Crippen LogP contribution in [0.1, 0.15) is 37.5 Å². The van der Waals surface area contributed by atoms with Crippen LogP contribution in [0.2, 0.25) is 0 Å². The van der Waals surface area contributed by atoms with Gasteiger partial charge in [-0.2, -0.15) is 0 Å². The number of methoxy groups -OCH3 is 1. The molecule has 0 bridgehead atoms. The molecule has 0 atom stereocenters. The van der Waals surface area contributed by atoms with E-state index in [1.54, 1.807) is 19.2 Å². The minimum atomic E-state index is -0.339. The zero-order valence-electron chi connectivity index (χ0n) is 16.7. The normalized spacial score (nSPS) is 11.9. The maximum Gasteiger partial charge on any atom is 0.336 e. The van der Waals surface area contributed by atoms with Crippen molar-refractivity contribution in [1.82, 2.24) is 4.90 Å². The Morgan fingerprint density at radius 3 is 2.33 bits per heavy atom. The number of benzene rings is 2. The van der Waals surface area contributed by atoms with Crippen molar-refractivity contribution in [2.75, 3.05) is 14.2 Å². The maximum absolute atomic E-state index is 11.9. The van der Waals surface area contributed by atoms with E-state index in [4.69, 9.17) is 9.15 Å². The van der Waals surface area contributed by atoms with E-state index in [1.807, 2.05) is 12.1 Å². The number of rotatable bonds is 5. The van der Waals surface area contributed by atoms with Crippen molar-refractivity contribution in [1.29, 1.82) is 0 Å². The smallest absolute Gasteiger partial charge is 0.336 e. The molecule has 2 aromatic carbocycles. The minimum absolute atomic E-state index is 0.155. The summed E-state index contributed by atoms with van der Waals surface area (Å²) in [7, 11) is 3.66. The van der Waals surface area contributed by atoms with Crippen LogP contribution in [-0.4, -0.2) is 19.1 Å². The molecule has 4 nitrogen and oxygen atoms in total. The molecule has 1 heterocycles. The fourth-order valence-corrected chi connectivity index (χ4v) is 3.24. The second-order valence-electron chi connectivity index (χ2n) is 8.07. The highest BCUT2D eigenvalue weighted by Gasteiger charge is 2.14. The Kier molecular flexibility index (Phi) is 5.38. The van der Waals surface area contributed by atoms with Crippen LogP contribution in [0.25, 0.3) is 11.0 Å². The molecule has 0 radical (unpaired) electrons. The average molecular weight is 365 g/mol. The number of hydrogen-bond acceptors (Lipinski definition) is 4. The van der Waals surface area contributed by atoms with Gasteiger partial charge in [0.25, 0.3) is 0 Å². The van der Waals surface area contributed by atoms with Gasteiger partial charge < -0.3 is 9.15 Å². The standard InChI is InChI=1S/C23H27NO3/c1-23(2,3)18-8-6-16(7-9-18)14-24(4)15-17-12-22(25)27-21-13-19(26-5)10-11-20(17)21/h6-13H,14-15H2,1-5H3. The molecule has 0 amide bonds. The molecule has 0 saturated carbocycles. The summed E-state index contributed by atoms with van der Waals surface area (Å²) >= 11 is 0. The lowest BCUT2D eigenvalue weighted by atomic mass is 9.87. The molecule has 0 aliphatic carbocycles. The molecule has 0 N–H and O–H groups in total. The SMILES string of the molecule is COc1ccc2c(CN(C)Cc3ccc(C(C)(C)C)cc3)cc(=O)oc2c1. The van der Waals surface area contributed by atoms with Crippen molar-refractivity contribution in [2.45, 2.75) is 39.3 Å². The van der Waals surface area contributed by atoms with E-state index in [0.29, 0.717) is 17.9 Å². The maximum atomic E-state index is 11.9. The van der Waals surface area contributed by atoms with Crippen LogP contribution in [-0.2, 0) is 18.5 Å². The topological polar surface area (TPSA) is 42.7 Å². The number of nitrogens with zero attached hydrogens (tertiary/aromatic N) is 1. The van der Waals surface area contributed by atoms with Gasteiger partial charge in [-0.1, -0.05) is 45.0 Å². The first-order chi connectivity index (χ1) is 12.8. The molecule has 0 fully saturated rings. The highest BCUT2D eigenvalue weighted by atomic mass is 16.5. The van der Waals surface area contributed by atoms with Gasteiger partial charge in [0.05, 0.1) is 7.11 Å². The van der Waals surface area contributed by atoms with Gasteiger partial charge in [0.15, 0.2) is 0 Å². The molecule has 0 aliphatic rings. The van der Waals surface area contributed by atoms with E-state index < -0.39 is 0 Å². The van der Waals surface area contributed by atoms with E-state index in [-0.39, 0.29) is 11.0 Å². The first-order valence-electron chi connectivity index (χ1n) is 9.15. The van der Waals surface area contributed by atoms with E-state index in [9.17, 15) is 4.79 Å². The molecular formula is C23H27NO3. The van der Waals surface area contributed by atoms with Gasteiger partial charge in [0, 0.05) is 30.6 Å². The Labute approximate surface area is 160 Å². The molecule has 0 unspecified atom stereocenters. The molecular weight excluding hydrogens is 338 g/mol. The van der Waals surface area contributed by atoms with Crippen LogP contribution >= 0.6 is 0 Å². The molecule has 0 spiro atoms. The summed E-state index contributed by atoms with van der Waals surface area (Å²) in [4.78, 5) is 14.1. The van der Waals surface area contributed by atoms with Crippen LogP contribution in [0.4, 0.5) is 0 Å². The van der Waals surface area contributed by atoms with Gasteiger partial charge in [-0.3, -0.25) is 4.90 Å². The van der Waals surface area contributed by atoms with Gasteiger partial charge >= 0.3 is 5.63 Å². The predicted octanol–water partition coefficient (Wildman–Crippen LogP) is 4.73.